The van der Waals surface area contributed by atoms with E-state index in [1.165, 1.54) is 79.5 Å². The summed E-state index contributed by atoms with van der Waals surface area (Å²) in [6.45, 7) is 2.25. The quantitative estimate of drug-likeness (QED) is 0.0550. The van der Waals surface area contributed by atoms with E-state index >= 15 is 0 Å². The summed E-state index contributed by atoms with van der Waals surface area (Å²) in [6.07, 6.45) is 7.23. The number of benzene rings is 9. The number of nitrogens with one attached hydrogen (secondary N) is 1. The van der Waals surface area contributed by atoms with Crippen LogP contribution in [0.2, 0.25) is 0 Å². The number of aromatic nitrogens is 2. The molecule has 12 rings (SSSR count). The molecular weight excluding hydrogens is 882 g/mol. The number of hydrogen-bond acceptors (Lipinski definition) is 2. The second-order valence-corrected chi connectivity index (χ2v) is 19.0. The van der Waals surface area contributed by atoms with Crippen LogP contribution in [0.5, 0.6) is 0 Å². The third kappa shape index (κ3) is 6.60. The van der Waals surface area contributed by atoms with Crippen molar-refractivity contribution in [2.45, 2.75) is 19.5 Å². The van der Waals surface area contributed by atoms with Crippen LogP contribution in [0.3, 0.4) is 0 Å². The number of rotatable bonds is 7. The van der Waals surface area contributed by atoms with Gasteiger partial charge in [-0.05, 0) is 12.1 Å². The second kappa shape index (κ2) is 15.4. The van der Waals surface area contributed by atoms with Crippen molar-refractivity contribution in [2.75, 3.05) is 0 Å². The van der Waals surface area contributed by atoms with E-state index in [1.807, 2.05) is 0 Å². The van der Waals surface area contributed by atoms with E-state index in [0.717, 1.165) is 34.8 Å². The molecule has 0 radical (unpaired) electrons. The van der Waals surface area contributed by atoms with Crippen LogP contribution >= 0.6 is 0 Å². The number of aliphatic imine (C=N–C) groups is 1. The molecule has 3 N–H and O–H groups in total. The maximum atomic E-state index is 6.94. The van der Waals surface area contributed by atoms with Crippen molar-refractivity contribution < 1.29 is 21.5 Å². The zero-order valence-electron chi connectivity index (χ0n) is 34.7. The second-order valence-electron chi connectivity index (χ2n) is 16.7. The van der Waals surface area contributed by atoms with Gasteiger partial charge in [0.15, 0.2) is 0 Å². The fourth-order valence-corrected chi connectivity index (χ4v) is 11.5. The van der Waals surface area contributed by atoms with Crippen molar-refractivity contribution in [1.82, 2.24) is 12.7 Å². The summed E-state index contributed by atoms with van der Waals surface area (Å²) in [4.78, 5) is 5.20. The fraction of sp³-hybridized carbons (Fsp3) is 0.0702. The summed E-state index contributed by atoms with van der Waals surface area (Å²) in [7, 11) is 0. The molecule has 2 aromatic heterocycles. The predicted molar refractivity (Wildman–Crippen MR) is 261 cm³/mol. The van der Waals surface area contributed by atoms with Crippen LogP contribution in [0.15, 0.2) is 211 Å². The van der Waals surface area contributed by atoms with Gasteiger partial charge in [0.25, 0.3) is 0 Å². The summed E-state index contributed by atoms with van der Waals surface area (Å²) < 4.78 is 9.94. The molecule has 2 heterocycles. The van der Waals surface area contributed by atoms with Gasteiger partial charge in [-0.1, -0.05) is 36.4 Å². The summed E-state index contributed by atoms with van der Waals surface area (Å²) >= 11 is -0.689. The Labute approximate surface area is 376 Å². The van der Waals surface area contributed by atoms with Crippen LogP contribution in [-0.4, -0.2) is 15.0 Å². The Kier molecular flexibility index (Phi) is 9.23. The predicted octanol–water partition coefficient (Wildman–Crippen LogP) is 10.7. The molecule has 5 nitrogen and oxygen atoms in total. The van der Waals surface area contributed by atoms with E-state index in [0.29, 0.717) is 5.92 Å². The normalized spacial score (nSPS) is 15.1. The van der Waals surface area contributed by atoms with E-state index in [1.54, 1.807) is 0 Å². The van der Waals surface area contributed by atoms with Crippen molar-refractivity contribution in [1.29, 1.82) is 0 Å². The zero-order chi connectivity index (χ0) is 42.0. The van der Waals surface area contributed by atoms with E-state index in [-0.39, 0.29) is 0 Å². The SMILES string of the molecule is CC1C=CC(C(=NC(N)c2ccc3c(ccc4ccccc43)c2)N[I-]c2cccc(-n3c4ccccc4c4cc5cc(-n6c7ccccc7c7ccccc76)ccc5cc43)c2)=CC1. The first-order valence-corrected chi connectivity index (χ1v) is 23.8. The molecule has 1 aliphatic rings. The van der Waals surface area contributed by atoms with Crippen molar-refractivity contribution >= 4 is 81.8 Å². The standard InChI is InChI=1S/C57H43IN5/c1-36-21-23-38(24-22-36)57(60-56(59)41-28-30-47-40(31-41)26-25-37-11-2-3-14-46(37)47)61-58-43-12-10-13-44(35-43)63-54-20-9-6-17-50(54)51-33-42-32-45(29-27-39(42)34-55(51)63)62-52-18-7-4-15-48(52)49-16-5-8-19-53(49)62/h2-21,23-36,56H,22,59H2,1H3,(H,60,61)/q-1. The van der Waals surface area contributed by atoms with Crippen LogP contribution in [0.4, 0.5) is 0 Å². The van der Waals surface area contributed by atoms with Crippen molar-refractivity contribution in [3.63, 3.8) is 0 Å². The van der Waals surface area contributed by atoms with Gasteiger partial charge in [0.2, 0.25) is 0 Å². The van der Waals surface area contributed by atoms with Gasteiger partial charge in [0.05, 0.1) is 0 Å². The number of amidine groups is 1. The molecule has 2 unspecified atom stereocenters. The van der Waals surface area contributed by atoms with E-state index < -0.39 is 27.6 Å². The number of halogens is 1. The molecule has 0 spiro atoms. The molecular formula is C57H43IN5-. The molecule has 304 valence electrons. The van der Waals surface area contributed by atoms with Crippen molar-refractivity contribution in [3.8, 4) is 11.4 Å². The van der Waals surface area contributed by atoms with Crippen molar-refractivity contribution in [3.05, 3.63) is 215 Å². The summed E-state index contributed by atoms with van der Waals surface area (Å²) in [5.41, 5.74) is 16.2. The monoisotopic (exact) mass is 924 g/mol. The Morgan fingerprint density at radius 3 is 1.94 bits per heavy atom. The summed E-state index contributed by atoms with van der Waals surface area (Å²) in [6, 6.07) is 66.3. The summed E-state index contributed by atoms with van der Waals surface area (Å²) in [5, 5.41) is 12.3. The van der Waals surface area contributed by atoms with Gasteiger partial charge in [-0.15, -0.1) is 0 Å². The molecule has 1 aliphatic carbocycles. The third-order valence-electron chi connectivity index (χ3n) is 12.7. The van der Waals surface area contributed by atoms with Crippen LogP contribution in [0.1, 0.15) is 25.1 Å². The number of hydrogen-bond donors (Lipinski definition) is 2. The molecule has 2 atom stereocenters. The van der Waals surface area contributed by atoms with Gasteiger partial charge in [0.1, 0.15) is 0 Å². The molecule has 0 amide bonds. The van der Waals surface area contributed by atoms with Gasteiger partial charge in [0, 0.05) is 10.8 Å². The molecule has 11 aromatic rings. The Bertz CT molecular complexity index is 3660. The maximum absolute atomic E-state index is 6.94. The van der Waals surface area contributed by atoms with Gasteiger partial charge < -0.3 is 0 Å². The molecule has 0 aliphatic heterocycles. The first-order chi connectivity index (χ1) is 31.0. The summed E-state index contributed by atoms with van der Waals surface area (Å²) in [5.74, 6) is 1.35. The number of nitrogens with zero attached hydrogens (tertiary/aromatic N) is 3. The molecule has 63 heavy (non-hydrogen) atoms. The van der Waals surface area contributed by atoms with Crippen LogP contribution < -0.4 is 30.7 Å². The average Bonchev–Trinajstić information content (AvgIpc) is 3.84. The third-order valence-corrected chi connectivity index (χ3v) is 14.8. The van der Waals surface area contributed by atoms with Crippen LogP contribution in [0, 0.1) is 9.49 Å². The minimum atomic E-state index is -0.689. The van der Waals surface area contributed by atoms with Crippen molar-refractivity contribution in [2.24, 2.45) is 16.6 Å². The zero-order valence-corrected chi connectivity index (χ0v) is 36.9. The molecule has 0 saturated heterocycles. The van der Waals surface area contributed by atoms with Gasteiger partial charge in [-0.25, -0.2) is 0 Å². The van der Waals surface area contributed by atoms with Gasteiger partial charge in [-0.2, -0.15) is 0 Å². The van der Waals surface area contributed by atoms with E-state index in [2.05, 4.69) is 220 Å². The first kappa shape index (κ1) is 37.7. The van der Waals surface area contributed by atoms with E-state index in [9.17, 15) is 0 Å². The topological polar surface area (TPSA) is 60.3 Å². The van der Waals surface area contributed by atoms with Gasteiger partial charge >= 0.3 is 319 Å². The average molecular weight is 925 g/mol. The fourth-order valence-electron chi connectivity index (χ4n) is 9.58. The minimum absolute atomic E-state index is 0.496. The number of allylic oxidation sites excluding steroid dienone is 2. The number of para-hydroxylation sites is 3. The number of fused-ring (bicyclic) bond motifs is 10. The Morgan fingerprint density at radius 2 is 1.19 bits per heavy atom. The van der Waals surface area contributed by atoms with Crippen LogP contribution in [0.25, 0.3) is 87.3 Å². The molecule has 0 saturated carbocycles. The Balaban J connectivity index is 0.895. The number of nitrogens with two attached hydrogens (primary N) is 1. The Morgan fingerprint density at radius 1 is 0.556 bits per heavy atom. The first-order valence-electron chi connectivity index (χ1n) is 21.6. The Hall–Kier alpha value is -7.00. The molecule has 6 heteroatoms. The van der Waals surface area contributed by atoms with Gasteiger partial charge in [-0.3, -0.25) is 0 Å². The molecule has 0 fully saturated rings. The van der Waals surface area contributed by atoms with Crippen LogP contribution in [-0.2, 0) is 0 Å². The molecule has 9 aromatic carbocycles. The van der Waals surface area contributed by atoms with E-state index in [4.69, 9.17) is 10.7 Å². The molecule has 0 bridgehead atoms.